The highest BCUT2D eigenvalue weighted by molar-refractivity contribution is 5.87. The van der Waals surface area contributed by atoms with Crippen molar-refractivity contribution in [1.82, 2.24) is 15.2 Å². The zero-order valence-electron chi connectivity index (χ0n) is 11.5. The topological polar surface area (TPSA) is 88.3 Å². The number of benzene rings is 1. The van der Waals surface area contributed by atoms with Gasteiger partial charge in [0, 0.05) is 18.5 Å². The number of carbonyl (C=O) groups excluding carboxylic acids is 2. The van der Waals surface area contributed by atoms with Gasteiger partial charge in [0.1, 0.15) is 11.9 Å². The number of nitrogen functional groups attached to an aromatic ring is 1. The summed E-state index contributed by atoms with van der Waals surface area (Å²) in [7, 11) is 0. The molecule has 1 aliphatic rings. The van der Waals surface area contributed by atoms with Crippen molar-refractivity contribution in [2.45, 2.75) is 19.0 Å². The van der Waals surface area contributed by atoms with Crippen LogP contribution in [0.1, 0.15) is 12.0 Å². The van der Waals surface area contributed by atoms with Gasteiger partial charge in [-0.2, -0.15) is 0 Å². The van der Waals surface area contributed by atoms with E-state index >= 15 is 0 Å². The Labute approximate surface area is 121 Å². The predicted octanol–water partition coefficient (Wildman–Crippen LogP) is 0.664. The molecule has 0 aliphatic carbocycles. The van der Waals surface area contributed by atoms with E-state index in [1.54, 1.807) is 11.0 Å². The molecule has 0 bridgehead atoms. The number of nitrogens with zero attached hydrogens (tertiary/aromatic N) is 2. The first-order valence-corrected chi connectivity index (χ1v) is 6.81. The minimum atomic E-state index is -0.397. The molecule has 3 rings (SSSR count). The third kappa shape index (κ3) is 2.52. The maximum Gasteiger partial charge on any atom is 0.245 e. The van der Waals surface area contributed by atoms with Crippen molar-refractivity contribution < 1.29 is 9.59 Å². The van der Waals surface area contributed by atoms with Crippen LogP contribution >= 0.6 is 0 Å². The summed E-state index contributed by atoms with van der Waals surface area (Å²) >= 11 is 0. The average Bonchev–Trinajstić information content (AvgIpc) is 2.81. The lowest BCUT2D eigenvalue weighted by Gasteiger charge is -2.17. The summed E-state index contributed by atoms with van der Waals surface area (Å²) in [5, 5.41) is 3.55. The number of pyridine rings is 1. The Hall–Kier alpha value is -2.63. The van der Waals surface area contributed by atoms with E-state index in [-0.39, 0.29) is 5.91 Å². The molecule has 6 heteroatoms. The van der Waals surface area contributed by atoms with E-state index in [0.717, 1.165) is 16.5 Å². The second-order valence-electron chi connectivity index (χ2n) is 5.11. The van der Waals surface area contributed by atoms with E-state index in [4.69, 9.17) is 5.73 Å². The van der Waals surface area contributed by atoms with Crippen molar-refractivity contribution in [3.63, 3.8) is 0 Å². The van der Waals surface area contributed by atoms with E-state index < -0.39 is 6.04 Å². The van der Waals surface area contributed by atoms with Crippen molar-refractivity contribution in [3.05, 3.63) is 35.9 Å². The summed E-state index contributed by atoms with van der Waals surface area (Å²) in [6.07, 6.45) is 1.23. The lowest BCUT2D eigenvalue weighted by atomic mass is 10.1. The van der Waals surface area contributed by atoms with Crippen LogP contribution in [0.15, 0.2) is 30.3 Å². The number of nitrogens with one attached hydrogen (secondary N) is 1. The number of fused-ring (bicyclic) bond motifs is 1. The van der Waals surface area contributed by atoms with Crippen molar-refractivity contribution >= 4 is 29.0 Å². The quantitative estimate of drug-likeness (QED) is 0.807. The predicted molar refractivity (Wildman–Crippen MR) is 79.2 cm³/mol. The van der Waals surface area contributed by atoms with Crippen LogP contribution in [0.5, 0.6) is 0 Å². The summed E-state index contributed by atoms with van der Waals surface area (Å²) in [5.74, 6) is 0.439. The van der Waals surface area contributed by atoms with E-state index in [1.807, 2.05) is 24.3 Å². The van der Waals surface area contributed by atoms with Crippen LogP contribution in [0.25, 0.3) is 10.9 Å². The van der Waals surface area contributed by atoms with E-state index in [1.165, 1.54) is 0 Å². The van der Waals surface area contributed by atoms with Crippen molar-refractivity contribution in [2.24, 2.45) is 0 Å². The van der Waals surface area contributed by atoms with Crippen molar-refractivity contribution in [1.29, 1.82) is 0 Å². The van der Waals surface area contributed by atoms with Gasteiger partial charge < -0.3 is 16.0 Å². The van der Waals surface area contributed by atoms with Gasteiger partial charge in [-0.25, -0.2) is 4.98 Å². The second-order valence-corrected chi connectivity index (χ2v) is 5.11. The lowest BCUT2D eigenvalue weighted by molar-refractivity contribution is -0.131. The number of hydrogen-bond acceptors (Lipinski definition) is 4. The fraction of sp³-hybridized carbons (Fsp3) is 0.267. The Morgan fingerprint density at radius 1 is 1.38 bits per heavy atom. The SMILES string of the molecule is Nc1ccc2c(CN3CC[C@H](NC=O)C3=O)cccc2n1. The number of nitrogens with two attached hydrogens (primary N) is 1. The molecule has 2 heterocycles. The first-order chi connectivity index (χ1) is 10.2. The molecule has 1 atom stereocenters. The Bertz CT molecular complexity index is 701. The molecule has 3 N–H and O–H groups in total. The number of amides is 2. The van der Waals surface area contributed by atoms with E-state index in [2.05, 4.69) is 10.3 Å². The lowest BCUT2D eigenvalue weighted by Crippen LogP contribution is -2.37. The average molecular weight is 284 g/mol. The molecule has 2 amide bonds. The Kier molecular flexibility index (Phi) is 3.43. The van der Waals surface area contributed by atoms with Crippen molar-refractivity contribution in [2.75, 3.05) is 12.3 Å². The molecule has 1 saturated heterocycles. The van der Waals surface area contributed by atoms with Crippen LogP contribution in [-0.2, 0) is 16.1 Å². The summed E-state index contributed by atoms with van der Waals surface area (Å²) in [6, 6.07) is 9.08. The zero-order valence-corrected chi connectivity index (χ0v) is 11.5. The molecule has 0 radical (unpaired) electrons. The number of aromatic nitrogens is 1. The molecule has 1 aromatic carbocycles. The number of hydrogen-bond donors (Lipinski definition) is 2. The molecule has 2 aromatic rings. The van der Waals surface area contributed by atoms with Crippen LogP contribution in [0.4, 0.5) is 5.82 Å². The number of likely N-dealkylation sites (tertiary alicyclic amines) is 1. The molecule has 6 nitrogen and oxygen atoms in total. The summed E-state index contributed by atoms with van der Waals surface area (Å²) in [5.41, 5.74) is 7.54. The summed E-state index contributed by atoms with van der Waals surface area (Å²) < 4.78 is 0. The molecule has 0 saturated carbocycles. The maximum absolute atomic E-state index is 12.2. The molecule has 21 heavy (non-hydrogen) atoms. The molecule has 0 spiro atoms. The zero-order chi connectivity index (χ0) is 14.8. The van der Waals surface area contributed by atoms with Crippen LogP contribution < -0.4 is 11.1 Å². The highest BCUT2D eigenvalue weighted by Gasteiger charge is 2.31. The van der Waals surface area contributed by atoms with E-state index in [0.29, 0.717) is 31.7 Å². The molecule has 108 valence electrons. The number of rotatable bonds is 4. The third-order valence-electron chi connectivity index (χ3n) is 3.77. The largest absolute Gasteiger partial charge is 0.384 e. The molecular weight excluding hydrogens is 268 g/mol. The first-order valence-electron chi connectivity index (χ1n) is 6.81. The van der Waals surface area contributed by atoms with Gasteiger partial charge in [-0.05, 0) is 30.2 Å². The minimum absolute atomic E-state index is 0.0393. The van der Waals surface area contributed by atoms with Crippen LogP contribution in [0, 0.1) is 0 Å². The number of carbonyl (C=O) groups is 2. The molecular formula is C15H16N4O2. The first kappa shape index (κ1) is 13.4. The minimum Gasteiger partial charge on any atom is -0.384 e. The highest BCUT2D eigenvalue weighted by atomic mass is 16.2. The highest BCUT2D eigenvalue weighted by Crippen LogP contribution is 2.22. The van der Waals surface area contributed by atoms with Crippen LogP contribution in [0.3, 0.4) is 0 Å². The van der Waals surface area contributed by atoms with Crippen LogP contribution in [0.2, 0.25) is 0 Å². The van der Waals surface area contributed by atoms with Gasteiger partial charge in [0.25, 0.3) is 0 Å². The fourth-order valence-corrected chi connectivity index (χ4v) is 2.71. The Morgan fingerprint density at radius 2 is 2.24 bits per heavy atom. The molecule has 1 aliphatic heterocycles. The van der Waals surface area contributed by atoms with Crippen molar-refractivity contribution in [3.8, 4) is 0 Å². The smallest absolute Gasteiger partial charge is 0.245 e. The van der Waals surface area contributed by atoms with Gasteiger partial charge in [-0.3, -0.25) is 9.59 Å². The fourth-order valence-electron chi connectivity index (χ4n) is 2.71. The third-order valence-corrected chi connectivity index (χ3v) is 3.77. The van der Waals surface area contributed by atoms with Gasteiger partial charge in [0.15, 0.2) is 0 Å². The van der Waals surface area contributed by atoms with Crippen LogP contribution in [-0.4, -0.2) is 34.8 Å². The van der Waals surface area contributed by atoms with Gasteiger partial charge in [-0.1, -0.05) is 12.1 Å². The molecule has 1 fully saturated rings. The molecule has 0 unspecified atom stereocenters. The summed E-state index contributed by atoms with van der Waals surface area (Å²) in [4.78, 5) is 28.7. The normalized spacial score (nSPS) is 18.2. The van der Waals surface area contributed by atoms with Gasteiger partial charge in [-0.15, -0.1) is 0 Å². The van der Waals surface area contributed by atoms with Gasteiger partial charge >= 0.3 is 0 Å². The second kappa shape index (κ2) is 5.40. The summed E-state index contributed by atoms with van der Waals surface area (Å²) in [6.45, 7) is 1.15. The standard InChI is InChI=1S/C15H16N4O2/c16-14-5-4-11-10(2-1-3-12(11)18-14)8-19-7-6-13(15(19)21)17-9-20/h1-5,9,13H,6-8H2,(H2,16,18)(H,17,20)/t13-/m0/s1. The Morgan fingerprint density at radius 3 is 3.05 bits per heavy atom. The van der Waals surface area contributed by atoms with Gasteiger partial charge in [0.05, 0.1) is 5.52 Å². The number of anilines is 1. The maximum atomic E-state index is 12.2. The van der Waals surface area contributed by atoms with Gasteiger partial charge in [0.2, 0.25) is 12.3 Å². The Balaban J connectivity index is 1.86. The van der Waals surface area contributed by atoms with E-state index in [9.17, 15) is 9.59 Å². The molecule has 1 aromatic heterocycles. The monoisotopic (exact) mass is 284 g/mol.